The molecule has 4 aromatic rings. The number of amides is 4. The van der Waals surface area contributed by atoms with Crippen molar-refractivity contribution in [2.75, 3.05) is 13.1 Å². The number of nitrogens with two attached hydrogens (primary N) is 1. The number of likely N-dealkylation sites (tertiary alicyclic amines) is 1. The third-order valence-electron chi connectivity index (χ3n) is 10.6. The van der Waals surface area contributed by atoms with Gasteiger partial charge in [-0.05, 0) is 81.7 Å². The maximum Gasteiger partial charge on any atom is 0.374 e. The lowest BCUT2D eigenvalue weighted by atomic mass is 9.72. The number of benzene rings is 2. The summed E-state index contributed by atoms with van der Waals surface area (Å²) in [4.78, 5) is 74.3. The van der Waals surface area contributed by atoms with Gasteiger partial charge in [0, 0.05) is 24.0 Å². The fourth-order valence-electron chi connectivity index (χ4n) is 7.96. The Morgan fingerprint density at radius 2 is 1.64 bits per heavy atom. The van der Waals surface area contributed by atoms with E-state index in [0.29, 0.717) is 30.3 Å². The molecule has 1 saturated heterocycles. The van der Waals surface area contributed by atoms with Crippen molar-refractivity contribution in [2.45, 2.75) is 95.5 Å². The van der Waals surface area contributed by atoms with Gasteiger partial charge in [0.25, 0.3) is 5.91 Å². The highest BCUT2D eigenvalue weighted by atomic mass is 16.6. The Hall–Kier alpha value is -5.56. The number of primary amides is 1. The van der Waals surface area contributed by atoms with E-state index in [1.807, 2.05) is 63.2 Å². The second-order valence-corrected chi connectivity index (χ2v) is 16.1. The Kier molecular flexibility index (Phi) is 12.8. The monoisotopic (exact) mass is 764 g/mol. The van der Waals surface area contributed by atoms with Crippen LogP contribution in [0, 0.1) is 11.8 Å². The van der Waals surface area contributed by atoms with Gasteiger partial charge < -0.3 is 30.8 Å². The van der Waals surface area contributed by atoms with E-state index in [1.54, 1.807) is 30.3 Å². The highest BCUT2D eigenvalue weighted by molar-refractivity contribution is 5.99. The number of nitrogens with zero attached hydrogens (tertiary/aromatic N) is 2. The van der Waals surface area contributed by atoms with E-state index in [1.165, 1.54) is 12.3 Å². The Balaban J connectivity index is 1.32. The summed E-state index contributed by atoms with van der Waals surface area (Å²) in [5.74, 6) is -2.27. The van der Waals surface area contributed by atoms with E-state index in [0.717, 1.165) is 36.6 Å². The van der Waals surface area contributed by atoms with E-state index < -0.39 is 59.9 Å². The second-order valence-electron chi connectivity index (χ2n) is 16.1. The topological polar surface area (TPSA) is 186 Å². The SMILES string of the molecule is CC(C)(C)NC(=O)[C@@H]1C[C@@H]2CCCC[C@@H]2CN1C[C@@H](OC(=O)c1ccco1)[C@H](Cc1ccccc1)NC(=O)[C@H](CC(N)=O)NC(=O)c1ccc2ccccc2n1. The number of hydrogen-bond donors (Lipinski definition) is 4. The molecule has 1 aliphatic heterocycles. The van der Waals surface area contributed by atoms with E-state index >= 15 is 0 Å². The minimum atomic E-state index is -1.38. The molecule has 2 aromatic heterocycles. The predicted octanol–water partition coefficient (Wildman–Crippen LogP) is 4.55. The first-order valence-electron chi connectivity index (χ1n) is 19.4. The molecular formula is C43H52N6O7. The molecule has 296 valence electrons. The second kappa shape index (κ2) is 17.9. The molecule has 6 rings (SSSR count). The third kappa shape index (κ3) is 10.6. The number of para-hydroxylation sites is 1. The largest absolute Gasteiger partial charge is 0.457 e. The average Bonchev–Trinajstić information content (AvgIpc) is 3.72. The van der Waals surface area contributed by atoms with Crippen molar-refractivity contribution in [1.82, 2.24) is 25.8 Å². The molecule has 0 radical (unpaired) electrons. The normalized spacial score (nSPS) is 20.2. The number of nitrogens with one attached hydrogen (secondary N) is 3. The van der Waals surface area contributed by atoms with Gasteiger partial charge in [0.15, 0.2) is 0 Å². The van der Waals surface area contributed by atoms with Gasteiger partial charge >= 0.3 is 5.97 Å². The lowest BCUT2D eigenvalue weighted by Gasteiger charge is -2.47. The highest BCUT2D eigenvalue weighted by Crippen LogP contribution is 2.39. The minimum absolute atomic E-state index is 0.0189. The number of esters is 1. The van der Waals surface area contributed by atoms with E-state index in [2.05, 4.69) is 25.8 Å². The van der Waals surface area contributed by atoms with Crippen LogP contribution in [0.3, 0.4) is 0 Å². The molecule has 0 unspecified atom stereocenters. The van der Waals surface area contributed by atoms with Crippen molar-refractivity contribution < 1.29 is 33.1 Å². The molecule has 3 heterocycles. The number of piperidine rings is 1. The molecule has 2 fully saturated rings. The summed E-state index contributed by atoms with van der Waals surface area (Å²) in [6, 6.07) is 20.3. The van der Waals surface area contributed by atoms with Crippen LogP contribution in [0.1, 0.15) is 85.9 Å². The van der Waals surface area contributed by atoms with Gasteiger partial charge in [0.1, 0.15) is 17.8 Å². The van der Waals surface area contributed by atoms with Crippen LogP contribution in [0.4, 0.5) is 0 Å². The third-order valence-corrected chi connectivity index (χ3v) is 10.6. The standard InChI is InChI=1S/C43H52N6O7/c1-43(2,3)48-41(53)35-23-29-15-7-8-16-30(29)25-49(35)26-37(56-42(54)36-18-11-21-55-36)33(22-27-12-5-4-6-13-27)46-40(52)34(24-38(44)50)47-39(51)32-20-19-28-14-9-10-17-31(28)45-32/h4-6,9-14,17-21,29-30,33-35,37H,7-8,15-16,22-26H2,1-3H3,(H2,44,50)(H,46,52)(H,47,51)(H,48,53)/t29-,30+,33-,34-,35-,37+/m0/s1. The van der Waals surface area contributed by atoms with Crippen molar-refractivity contribution in [3.8, 4) is 0 Å². The first-order chi connectivity index (χ1) is 26.8. The number of fused-ring (bicyclic) bond motifs is 2. The van der Waals surface area contributed by atoms with E-state index in [-0.39, 0.29) is 30.3 Å². The maximum atomic E-state index is 14.3. The summed E-state index contributed by atoms with van der Waals surface area (Å²) in [6.45, 7) is 6.56. The van der Waals surface area contributed by atoms with Gasteiger partial charge in [-0.3, -0.25) is 24.1 Å². The number of ether oxygens (including phenoxy) is 1. The first kappa shape index (κ1) is 40.1. The molecule has 0 bridgehead atoms. The smallest absolute Gasteiger partial charge is 0.374 e. The Bertz CT molecular complexity index is 2000. The van der Waals surface area contributed by atoms with Gasteiger partial charge in [0.2, 0.25) is 23.5 Å². The fourth-order valence-corrected chi connectivity index (χ4v) is 7.96. The summed E-state index contributed by atoms with van der Waals surface area (Å²) < 4.78 is 11.6. The lowest BCUT2D eigenvalue weighted by Crippen LogP contribution is -2.61. The summed E-state index contributed by atoms with van der Waals surface area (Å²) in [6.07, 6.45) is 5.08. The van der Waals surface area contributed by atoms with Crippen LogP contribution in [0.5, 0.6) is 0 Å². The Morgan fingerprint density at radius 1 is 0.911 bits per heavy atom. The maximum absolute atomic E-state index is 14.3. The average molecular weight is 765 g/mol. The molecule has 2 aliphatic rings. The molecule has 0 spiro atoms. The minimum Gasteiger partial charge on any atom is -0.457 e. The van der Waals surface area contributed by atoms with Crippen LogP contribution in [-0.4, -0.2) is 82.3 Å². The Labute approximate surface area is 327 Å². The molecule has 13 nitrogen and oxygen atoms in total. The van der Waals surface area contributed by atoms with Crippen LogP contribution >= 0.6 is 0 Å². The van der Waals surface area contributed by atoms with Gasteiger partial charge in [-0.2, -0.15) is 0 Å². The summed E-state index contributed by atoms with van der Waals surface area (Å²) >= 11 is 0. The molecule has 1 aliphatic carbocycles. The molecule has 56 heavy (non-hydrogen) atoms. The zero-order valence-corrected chi connectivity index (χ0v) is 32.2. The van der Waals surface area contributed by atoms with Crippen LogP contribution in [0.15, 0.2) is 89.5 Å². The molecule has 4 amide bonds. The quantitative estimate of drug-likeness (QED) is 0.134. The van der Waals surface area contributed by atoms with E-state index in [9.17, 15) is 24.0 Å². The van der Waals surface area contributed by atoms with Crippen molar-refractivity contribution >= 4 is 40.5 Å². The lowest BCUT2D eigenvalue weighted by molar-refractivity contribution is -0.133. The highest BCUT2D eigenvalue weighted by Gasteiger charge is 2.43. The number of rotatable bonds is 14. The van der Waals surface area contributed by atoms with Crippen molar-refractivity contribution in [1.29, 1.82) is 0 Å². The summed E-state index contributed by atoms with van der Waals surface area (Å²) in [7, 11) is 0. The van der Waals surface area contributed by atoms with Gasteiger partial charge in [0.05, 0.1) is 30.3 Å². The molecule has 6 atom stereocenters. The van der Waals surface area contributed by atoms with E-state index in [4.69, 9.17) is 14.9 Å². The van der Waals surface area contributed by atoms with Crippen LogP contribution in [-0.2, 0) is 25.5 Å². The molecule has 2 aromatic carbocycles. The Morgan fingerprint density at radius 3 is 2.36 bits per heavy atom. The number of hydrogen-bond acceptors (Lipinski definition) is 9. The van der Waals surface area contributed by atoms with Crippen molar-refractivity contribution in [3.63, 3.8) is 0 Å². The summed E-state index contributed by atoms with van der Waals surface area (Å²) in [5.41, 5.74) is 6.62. The van der Waals surface area contributed by atoms with Gasteiger partial charge in [-0.15, -0.1) is 0 Å². The zero-order valence-electron chi connectivity index (χ0n) is 32.2. The van der Waals surface area contributed by atoms with Crippen LogP contribution in [0.25, 0.3) is 10.9 Å². The van der Waals surface area contributed by atoms with Crippen LogP contribution < -0.4 is 21.7 Å². The number of pyridine rings is 1. The fraction of sp³-hybridized carbons (Fsp3) is 0.442. The number of aromatic nitrogens is 1. The predicted molar refractivity (Wildman–Crippen MR) is 210 cm³/mol. The number of furan rings is 1. The summed E-state index contributed by atoms with van der Waals surface area (Å²) in [5, 5.41) is 9.67. The van der Waals surface area contributed by atoms with Gasteiger partial charge in [-0.25, -0.2) is 9.78 Å². The van der Waals surface area contributed by atoms with Crippen molar-refractivity contribution in [2.24, 2.45) is 17.6 Å². The van der Waals surface area contributed by atoms with Gasteiger partial charge in [-0.1, -0.05) is 73.9 Å². The first-order valence-corrected chi connectivity index (χ1v) is 19.4. The zero-order chi connectivity index (χ0) is 39.8. The number of carbonyl (C=O) groups excluding carboxylic acids is 5. The van der Waals surface area contributed by atoms with Crippen molar-refractivity contribution in [3.05, 3.63) is 102 Å². The van der Waals surface area contributed by atoms with Crippen LogP contribution in [0.2, 0.25) is 0 Å². The number of carbonyl (C=O) groups is 5. The molecular weight excluding hydrogens is 713 g/mol. The molecule has 13 heteroatoms. The molecule has 1 saturated carbocycles. The molecule has 5 N–H and O–H groups in total.